The Kier molecular flexibility index (Phi) is 6.03. The van der Waals surface area contributed by atoms with Crippen LogP contribution in [0.4, 0.5) is 0 Å². The minimum Gasteiger partial charge on any atom is -0.479 e. The van der Waals surface area contributed by atoms with Crippen molar-refractivity contribution in [2.24, 2.45) is 0 Å². The van der Waals surface area contributed by atoms with E-state index < -0.39 is 18.0 Å². The van der Waals surface area contributed by atoms with Crippen molar-refractivity contribution in [2.45, 2.75) is 39.9 Å². The first-order chi connectivity index (χ1) is 9.43. The van der Waals surface area contributed by atoms with Gasteiger partial charge in [-0.05, 0) is 45.9 Å². The monoisotopic (exact) mass is 280 g/mol. The molecule has 1 unspecified atom stereocenters. The van der Waals surface area contributed by atoms with E-state index in [0.29, 0.717) is 17.9 Å². The number of benzene rings is 1. The average molecular weight is 280 g/mol. The molecular weight excluding hydrogens is 260 g/mol. The van der Waals surface area contributed by atoms with E-state index in [-0.39, 0.29) is 6.10 Å². The number of ether oxygens (including phenoxy) is 3. The predicted molar refractivity (Wildman–Crippen MR) is 73.7 cm³/mol. The largest absolute Gasteiger partial charge is 0.479 e. The van der Waals surface area contributed by atoms with Crippen LogP contribution in [0.3, 0.4) is 0 Å². The van der Waals surface area contributed by atoms with Crippen LogP contribution in [-0.4, -0.2) is 30.8 Å². The molecule has 0 saturated carbocycles. The summed E-state index contributed by atoms with van der Waals surface area (Å²) in [4.78, 5) is 23.2. The zero-order chi connectivity index (χ0) is 15.1. The lowest BCUT2D eigenvalue weighted by Crippen LogP contribution is -2.28. The van der Waals surface area contributed by atoms with Crippen molar-refractivity contribution in [3.05, 3.63) is 29.8 Å². The summed E-state index contributed by atoms with van der Waals surface area (Å²) in [5.74, 6) is -0.444. The fraction of sp³-hybridized carbons (Fsp3) is 0.467. The van der Waals surface area contributed by atoms with Gasteiger partial charge >= 0.3 is 11.9 Å². The predicted octanol–water partition coefficient (Wildman–Crippen LogP) is 2.58. The molecule has 0 amide bonds. The third kappa shape index (κ3) is 4.91. The lowest BCUT2D eigenvalue weighted by Gasteiger charge is -2.16. The Bertz CT molecular complexity index is 467. The van der Waals surface area contributed by atoms with Crippen LogP contribution in [0, 0.1) is 0 Å². The van der Waals surface area contributed by atoms with Gasteiger partial charge in [0, 0.05) is 0 Å². The Morgan fingerprint density at radius 3 is 2.50 bits per heavy atom. The molecule has 0 N–H and O–H groups in total. The van der Waals surface area contributed by atoms with Gasteiger partial charge in [-0.25, -0.2) is 9.59 Å². The molecule has 1 aromatic rings. The number of rotatable bonds is 6. The Labute approximate surface area is 118 Å². The van der Waals surface area contributed by atoms with Gasteiger partial charge in [-0.2, -0.15) is 0 Å². The first-order valence-electron chi connectivity index (χ1n) is 6.58. The van der Waals surface area contributed by atoms with Crippen LogP contribution in [0.2, 0.25) is 0 Å². The van der Waals surface area contributed by atoms with E-state index in [9.17, 15) is 9.59 Å². The van der Waals surface area contributed by atoms with E-state index >= 15 is 0 Å². The molecule has 20 heavy (non-hydrogen) atoms. The van der Waals surface area contributed by atoms with Crippen molar-refractivity contribution in [3.63, 3.8) is 0 Å². The van der Waals surface area contributed by atoms with Crippen molar-refractivity contribution in [3.8, 4) is 5.75 Å². The molecule has 110 valence electrons. The molecule has 0 heterocycles. The molecule has 1 atom stereocenters. The smallest absolute Gasteiger partial charge is 0.347 e. The van der Waals surface area contributed by atoms with Gasteiger partial charge < -0.3 is 14.2 Å². The van der Waals surface area contributed by atoms with Crippen LogP contribution in [-0.2, 0) is 14.3 Å². The van der Waals surface area contributed by atoms with Crippen molar-refractivity contribution in [1.29, 1.82) is 0 Å². The summed E-state index contributed by atoms with van der Waals surface area (Å²) in [6.45, 7) is 7.18. The van der Waals surface area contributed by atoms with Gasteiger partial charge in [0.05, 0.1) is 18.3 Å². The number of hydrogen-bond acceptors (Lipinski definition) is 5. The number of carbonyl (C=O) groups is 2. The molecule has 1 rings (SSSR count). The van der Waals surface area contributed by atoms with Crippen LogP contribution in [0.5, 0.6) is 5.75 Å². The van der Waals surface area contributed by atoms with Crippen LogP contribution >= 0.6 is 0 Å². The molecule has 1 aromatic carbocycles. The molecule has 0 aliphatic rings. The Balaban J connectivity index is 2.70. The van der Waals surface area contributed by atoms with Gasteiger partial charge in [0.2, 0.25) is 0 Å². The topological polar surface area (TPSA) is 61.8 Å². The second kappa shape index (κ2) is 7.53. The molecule has 0 saturated heterocycles. The minimum atomic E-state index is -0.741. The summed E-state index contributed by atoms with van der Waals surface area (Å²) >= 11 is 0. The lowest BCUT2D eigenvalue weighted by atomic mass is 10.2. The lowest BCUT2D eigenvalue weighted by molar-refractivity contribution is -0.154. The molecule has 0 spiro atoms. The molecular formula is C15H20O5. The first-order valence-corrected chi connectivity index (χ1v) is 6.58. The highest BCUT2D eigenvalue weighted by Crippen LogP contribution is 2.16. The van der Waals surface area contributed by atoms with Crippen molar-refractivity contribution in [1.82, 2.24) is 0 Å². The van der Waals surface area contributed by atoms with E-state index in [4.69, 9.17) is 14.2 Å². The quantitative estimate of drug-likeness (QED) is 0.749. The summed E-state index contributed by atoms with van der Waals surface area (Å²) in [5, 5.41) is 0. The highest BCUT2D eigenvalue weighted by Gasteiger charge is 2.18. The fourth-order valence-electron chi connectivity index (χ4n) is 1.49. The van der Waals surface area contributed by atoms with Crippen LogP contribution in [0.25, 0.3) is 0 Å². The number of esters is 2. The third-order valence-electron chi connectivity index (χ3n) is 2.34. The first kappa shape index (κ1) is 16.0. The number of hydrogen-bond donors (Lipinski definition) is 0. The maximum absolute atomic E-state index is 11.6. The minimum absolute atomic E-state index is 0.195. The van der Waals surface area contributed by atoms with E-state index in [2.05, 4.69) is 0 Å². The van der Waals surface area contributed by atoms with Crippen LogP contribution in [0.15, 0.2) is 24.3 Å². The average Bonchev–Trinajstić information content (AvgIpc) is 2.38. The molecule has 0 fully saturated rings. The second-order valence-electron chi connectivity index (χ2n) is 4.49. The Hall–Kier alpha value is -2.04. The summed E-state index contributed by atoms with van der Waals surface area (Å²) in [5.41, 5.74) is 0.383. The maximum Gasteiger partial charge on any atom is 0.347 e. The molecule has 0 aromatic heterocycles. The summed E-state index contributed by atoms with van der Waals surface area (Å²) in [7, 11) is 0. The van der Waals surface area contributed by atoms with E-state index in [0.717, 1.165) is 0 Å². The van der Waals surface area contributed by atoms with Gasteiger partial charge in [0.15, 0.2) is 6.10 Å². The third-order valence-corrected chi connectivity index (χ3v) is 2.34. The molecule has 0 aliphatic carbocycles. The highest BCUT2D eigenvalue weighted by molar-refractivity contribution is 5.89. The summed E-state index contributed by atoms with van der Waals surface area (Å²) < 4.78 is 15.4. The van der Waals surface area contributed by atoms with Crippen LogP contribution < -0.4 is 4.74 Å². The van der Waals surface area contributed by atoms with E-state index in [1.54, 1.807) is 45.9 Å². The second-order valence-corrected chi connectivity index (χ2v) is 4.49. The molecule has 0 bridgehead atoms. The Morgan fingerprint density at radius 2 is 1.90 bits per heavy atom. The Morgan fingerprint density at radius 1 is 1.20 bits per heavy atom. The zero-order valence-corrected chi connectivity index (χ0v) is 12.2. The summed E-state index contributed by atoms with van der Waals surface area (Å²) in [6, 6.07) is 6.50. The normalized spacial score (nSPS) is 11.8. The van der Waals surface area contributed by atoms with Gasteiger partial charge in [-0.3, -0.25) is 0 Å². The highest BCUT2D eigenvalue weighted by atomic mass is 16.6. The van der Waals surface area contributed by atoms with Crippen molar-refractivity contribution in [2.75, 3.05) is 6.61 Å². The van der Waals surface area contributed by atoms with Crippen molar-refractivity contribution < 1.29 is 23.8 Å². The molecule has 5 nitrogen and oxygen atoms in total. The van der Waals surface area contributed by atoms with E-state index in [1.165, 1.54) is 6.07 Å². The van der Waals surface area contributed by atoms with Crippen molar-refractivity contribution >= 4 is 11.9 Å². The van der Waals surface area contributed by atoms with Gasteiger partial charge in [0.1, 0.15) is 5.75 Å². The van der Waals surface area contributed by atoms with E-state index in [1.807, 2.05) is 0 Å². The standard InChI is InChI=1S/C15H20O5/c1-5-18-15(17)12-7-6-8-13(9-12)20-11(4)14(16)19-10(2)3/h6-11H,5H2,1-4H3. The molecule has 5 heteroatoms. The summed E-state index contributed by atoms with van der Waals surface area (Å²) in [6.07, 6.45) is -0.936. The zero-order valence-electron chi connectivity index (χ0n) is 12.2. The molecule has 0 aliphatic heterocycles. The van der Waals surface area contributed by atoms with Crippen LogP contribution in [0.1, 0.15) is 38.1 Å². The van der Waals surface area contributed by atoms with Gasteiger partial charge in [-0.1, -0.05) is 6.07 Å². The SMILES string of the molecule is CCOC(=O)c1cccc(OC(C)C(=O)OC(C)C)c1. The number of carbonyl (C=O) groups excluding carboxylic acids is 2. The maximum atomic E-state index is 11.6. The molecule has 0 radical (unpaired) electrons. The fourth-order valence-corrected chi connectivity index (χ4v) is 1.49. The van der Waals surface area contributed by atoms with Gasteiger partial charge in [-0.15, -0.1) is 0 Å². The van der Waals surface area contributed by atoms with Gasteiger partial charge in [0.25, 0.3) is 0 Å².